The lowest BCUT2D eigenvalue weighted by Gasteiger charge is -2.16. The Morgan fingerprint density at radius 1 is 1.10 bits per heavy atom. The van der Waals surface area contributed by atoms with Crippen molar-refractivity contribution in [2.24, 2.45) is 0 Å². The molecule has 1 fully saturated rings. The molecule has 0 bridgehead atoms. The van der Waals surface area contributed by atoms with Crippen molar-refractivity contribution in [1.29, 1.82) is 0 Å². The van der Waals surface area contributed by atoms with Crippen molar-refractivity contribution in [3.05, 3.63) is 103 Å². The normalized spacial score (nSPS) is 16.3. The number of aromatic amines is 2. The molecule has 6 rings (SSSR count). The van der Waals surface area contributed by atoms with Crippen LogP contribution >= 0.6 is 0 Å². The molecule has 4 heterocycles. The van der Waals surface area contributed by atoms with Gasteiger partial charge in [-0.05, 0) is 71.7 Å². The predicted octanol–water partition coefficient (Wildman–Crippen LogP) is 7.77. The van der Waals surface area contributed by atoms with Gasteiger partial charge in [0.15, 0.2) is 0 Å². The number of nitrogens with zero attached hydrogens (tertiary/aromatic N) is 3. The molecule has 0 radical (unpaired) electrons. The average Bonchev–Trinajstić information content (AvgIpc) is 3.66. The summed E-state index contributed by atoms with van der Waals surface area (Å²) in [5.41, 5.74) is 8.00. The van der Waals surface area contributed by atoms with Crippen LogP contribution in [-0.4, -0.2) is 50.6 Å². The third-order valence-electron chi connectivity index (χ3n) is 7.33. The maximum absolute atomic E-state index is 13.9. The Morgan fingerprint density at radius 3 is 2.70 bits per heavy atom. The topological polar surface area (TPSA) is 60.6 Å². The molecule has 0 amide bonds. The molecule has 0 unspecified atom stereocenters. The zero-order chi connectivity index (χ0) is 27.9. The van der Waals surface area contributed by atoms with Gasteiger partial charge < -0.3 is 4.98 Å². The van der Waals surface area contributed by atoms with Crippen LogP contribution < -0.4 is 0 Å². The fourth-order valence-electron chi connectivity index (χ4n) is 5.31. The van der Waals surface area contributed by atoms with Crippen molar-refractivity contribution in [3.63, 3.8) is 0 Å². The number of fused-ring (bicyclic) bond motifs is 2. The molecule has 3 aromatic heterocycles. The molecule has 202 valence electrons. The fourth-order valence-corrected chi connectivity index (χ4v) is 5.31. The highest BCUT2D eigenvalue weighted by atomic mass is 19.3. The minimum absolute atomic E-state index is 0.118. The first-order valence-corrected chi connectivity index (χ1v) is 13.2. The standard InChI is InChI=1S/C32H28F3N5/c1-3-20(18-40-14-13-32(34,35)19-40)15-21(4-2)26-11-12-28-30(37-26)31(39-38-28)29-17-25-24(9-6-10-27(25)36-29)22-7-5-8-23(33)16-22/h3-12,15-17,36H,1,13-14,18-19H2,2H3,(H,38,39)/b20-15+,21-4+. The Kier molecular flexibility index (Phi) is 6.64. The SMILES string of the molecule is C=C/C(=C\C(=C/C)c1ccc2[nH]nc(-c3cc4c(-c5cccc(F)c5)cccc4[nH]3)c2n1)CN1CCC(F)(F)C1. The lowest BCUT2D eigenvalue weighted by Crippen LogP contribution is -2.26. The van der Waals surface area contributed by atoms with E-state index in [1.54, 1.807) is 17.0 Å². The summed E-state index contributed by atoms with van der Waals surface area (Å²) in [5.74, 6) is -2.92. The number of nitrogens with one attached hydrogen (secondary N) is 2. The Morgan fingerprint density at radius 2 is 1.95 bits per heavy atom. The maximum Gasteiger partial charge on any atom is 0.261 e. The van der Waals surface area contributed by atoms with Gasteiger partial charge in [-0.15, -0.1) is 0 Å². The van der Waals surface area contributed by atoms with Gasteiger partial charge in [-0.3, -0.25) is 10.00 Å². The van der Waals surface area contributed by atoms with E-state index < -0.39 is 5.92 Å². The van der Waals surface area contributed by atoms with E-state index in [0.717, 1.165) is 50.1 Å². The monoisotopic (exact) mass is 539 g/mol. The summed E-state index contributed by atoms with van der Waals surface area (Å²) in [6.07, 6.45) is 5.49. The first-order valence-electron chi connectivity index (χ1n) is 13.2. The second kappa shape index (κ2) is 10.3. The molecular weight excluding hydrogens is 511 g/mol. The summed E-state index contributed by atoms with van der Waals surface area (Å²) >= 11 is 0. The number of H-pyrrole nitrogens is 2. The largest absolute Gasteiger partial charge is 0.353 e. The minimum Gasteiger partial charge on any atom is -0.353 e. The van der Waals surface area contributed by atoms with Gasteiger partial charge in [0.1, 0.15) is 17.0 Å². The van der Waals surface area contributed by atoms with Gasteiger partial charge in [0.25, 0.3) is 5.92 Å². The van der Waals surface area contributed by atoms with Crippen LogP contribution in [0.2, 0.25) is 0 Å². The lowest BCUT2D eigenvalue weighted by molar-refractivity contribution is 0.0131. The number of allylic oxidation sites excluding steroid dienone is 3. The molecule has 1 aliphatic rings. The van der Waals surface area contributed by atoms with Crippen LogP contribution in [0.4, 0.5) is 13.2 Å². The second-order valence-corrected chi connectivity index (χ2v) is 10.1. The molecule has 2 N–H and O–H groups in total. The lowest BCUT2D eigenvalue weighted by atomic mass is 10.0. The van der Waals surface area contributed by atoms with Gasteiger partial charge >= 0.3 is 0 Å². The summed E-state index contributed by atoms with van der Waals surface area (Å²) in [5, 5.41) is 8.58. The van der Waals surface area contributed by atoms with Crippen molar-refractivity contribution in [3.8, 4) is 22.5 Å². The number of likely N-dealkylation sites (tertiary alicyclic amines) is 1. The molecule has 8 heteroatoms. The van der Waals surface area contributed by atoms with Crippen LogP contribution in [0, 0.1) is 5.82 Å². The molecule has 0 saturated carbocycles. The molecule has 2 aromatic carbocycles. The zero-order valence-corrected chi connectivity index (χ0v) is 22.0. The first-order chi connectivity index (χ1) is 19.3. The van der Waals surface area contributed by atoms with E-state index in [1.807, 2.05) is 61.5 Å². The van der Waals surface area contributed by atoms with Gasteiger partial charge in [0.05, 0.1) is 23.4 Å². The Labute approximate surface area is 229 Å². The van der Waals surface area contributed by atoms with Crippen LogP contribution in [0.15, 0.2) is 91.0 Å². The highest BCUT2D eigenvalue weighted by molar-refractivity contribution is 6.00. The van der Waals surface area contributed by atoms with Crippen molar-refractivity contribution < 1.29 is 13.2 Å². The van der Waals surface area contributed by atoms with Crippen molar-refractivity contribution >= 4 is 27.5 Å². The van der Waals surface area contributed by atoms with Crippen LogP contribution in [0.3, 0.4) is 0 Å². The van der Waals surface area contributed by atoms with Crippen LogP contribution in [0.1, 0.15) is 19.0 Å². The number of rotatable bonds is 7. The molecule has 0 spiro atoms. The van der Waals surface area contributed by atoms with Crippen molar-refractivity contribution in [2.45, 2.75) is 19.3 Å². The summed E-state index contributed by atoms with van der Waals surface area (Å²) in [6.45, 7) is 6.34. The fraction of sp³-hybridized carbons (Fsp3) is 0.188. The van der Waals surface area contributed by atoms with E-state index >= 15 is 0 Å². The molecule has 1 saturated heterocycles. The molecule has 5 aromatic rings. The number of aromatic nitrogens is 4. The van der Waals surface area contributed by atoms with E-state index in [9.17, 15) is 13.2 Å². The molecule has 0 aliphatic carbocycles. The van der Waals surface area contributed by atoms with Crippen molar-refractivity contribution in [1.82, 2.24) is 25.1 Å². The minimum atomic E-state index is -2.64. The van der Waals surface area contributed by atoms with Gasteiger partial charge in [0, 0.05) is 30.4 Å². The van der Waals surface area contributed by atoms with E-state index in [0.29, 0.717) is 24.3 Å². The van der Waals surface area contributed by atoms with Crippen LogP contribution in [0.5, 0.6) is 0 Å². The van der Waals surface area contributed by atoms with E-state index in [2.05, 4.69) is 21.8 Å². The van der Waals surface area contributed by atoms with Crippen LogP contribution in [0.25, 0.3) is 50.0 Å². The summed E-state index contributed by atoms with van der Waals surface area (Å²) < 4.78 is 41.3. The third-order valence-corrected chi connectivity index (χ3v) is 7.33. The Hall–Kier alpha value is -4.43. The summed E-state index contributed by atoms with van der Waals surface area (Å²) in [6, 6.07) is 18.3. The maximum atomic E-state index is 13.9. The van der Waals surface area contributed by atoms with E-state index in [4.69, 9.17) is 4.98 Å². The predicted molar refractivity (Wildman–Crippen MR) is 155 cm³/mol. The Bertz CT molecular complexity index is 1790. The average molecular weight is 540 g/mol. The molecule has 1 aliphatic heterocycles. The number of hydrogen-bond donors (Lipinski definition) is 2. The second-order valence-electron chi connectivity index (χ2n) is 10.1. The summed E-state index contributed by atoms with van der Waals surface area (Å²) in [7, 11) is 0. The first kappa shape index (κ1) is 25.8. The van der Waals surface area contributed by atoms with Crippen LogP contribution in [-0.2, 0) is 0 Å². The highest BCUT2D eigenvalue weighted by Gasteiger charge is 2.37. The Balaban J connectivity index is 1.35. The smallest absolute Gasteiger partial charge is 0.261 e. The molecule has 40 heavy (non-hydrogen) atoms. The number of halogens is 3. The van der Waals surface area contributed by atoms with E-state index in [1.165, 1.54) is 12.1 Å². The highest BCUT2D eigenvalue weighted by Crippen LogP contribution is 2.34. The number of alkyl halides is 2. The zero-order valence-electron chi connectivity index (χ0n) is 22.0. The molecule has 5 nitrogen and oxygen atoms in total. The van der Waals surface area contributed by atoms with Gasteiger partial charge in [-0.2, -0.15) is 5.10 Å². The quantitative estimate of drug-likeness (QED) is 0.208. The molecular formula is C32H28F3N5. The van der Waals surface area contributed by atoms with Gasteiger partial charge in [-0.25, -0.2) is 18.2 Å². The van der Waals surface area contributed by atoms with Gasteiger partial charge in [-0.1, -0.05) is 43.0 Å². The number of pyridine rings is 1. The number of benzene rings is 2. The van der Waals surface area contributed by atoms with Gasteiger partial charge in [0.2, 0.25) is 0 Å². The number of hydrogen-bond acceptors (Lipinski definition) is 3. The van der Waals surface area contributed by atoms with E-state index in [-0.39, 0.29) is 18.8 Å². The summed E-state index contributed by atoms with van der Waals surface area (Å²) in [4.78, 5) is 10.1. The molecule has 0 atom stereocenters. The third kappa shape index (κ3) is 4.98. The van der Waals surface area contributed by atoms with Crippen molar-refractivity contribution in [2.75, 3.05) is 19.6 Å².